The van der Waals surface area contributed by atoms with E-state index in [-0.39, 0.29) is 5.91 Å². The van der Waals surface area contributed by atoms with Crippen LogP contribution in [0.4, 0.5) is 0 Å². The second-order valence-corrected chi connectivity index (χ2v) is 4.50. The molecule has 1 aromatic rings. The predicted octanol–water partition coefficient (Wildman–Crippen LogP) is 0.786. The van der Waals surface area contributed by atoms with Crippen molar-refractivity contribution >= 4 is 5.91 Å². The molecule has 1 amide bonds. The SMILES string of the molecule is CCN(C)C(=O)Cn1cncc1C1CCCN1. The third-order valence-corrected chi connectivity index (χ3v) is 3.37. The third kappa shape index (κ3) is 2.66. The highest BCUT2D eigenvalue weighted by Crippen LogP contribution is 2.22. The Morgan fingerprint density at radius 2 is 2.53 bits per heavy atom. The van der Waals surface area contributed by atoms with Crippen molar-refractivity contribution in [3.63, 3.8) is 0 Å². The van der Waals surface area contributed by atoms with Crippen molar-refractivity contribution in [3.05, 3.63) is 18.2 Å². The van der Waals surface area contributed by atoms with Crippen LogP contribution < -0.4 is 5.32 Å². The monoisotopic (exact) mass is 236 g/mol. The molecule has 0 saturated carbocycles. The lowest BCUT2D eigenvalue weighted by Crippen LogP contribution is -2.30. The molecule has 5 heteroatoms. The lowest BCUT2D eigenvalue weighted by atomic mass is 10.2. The Kier molecular flexibility index (Phi) is 3.78. The van der Waals surface area contributed by atoms with E-state index in [2.05, 4.69) is 10.3 Å². The number of imidazole rings is 1. The van der Waals surface area contributed by atoms with E-state index in [9.17, 15) is 4.79 Å². The molecule has 1 N–H and O–H groups in total. The molecular weight excluding hydrogens is 216 g/mol. The molecule has 1 aliphatic heterocycles. The second kappa shape index (κ2) is 5.31. The molecule has 0 aliphatic carbocycles. The van der Waals surface area contributed by atoms with Gasteiger partial charge in [0.15, 0.2) is 0 Å². The standard InChI is InChI=1S/C12H20N4O/c1-3-15(2)12(17)8-16-9-13-7-11(16)10-5-4-6-14-10/h7,9-10,14H,3-6,8H2,1-2H3. The first-order valence-electron chi connectivity index (χ1n) is 6.19. The summed E-state index contributed by atoms with van der Waals surface area (Å²) in [5.41, 5.74) is 1.13. The van der Waals surface area contributed by atoms with E-state index in [1.54, 1.807) is 11.2 Å². The number of hydrogen-bond donors (Lipinski definition) is 1. The number of carbonyl (C=O) groups is 1. The first-order chi connectivity index (χ1) is 8.22. The topological polar surface area (TPSA) is 50.2 Å². The summed E-state index contributed by atoms with van der Waals surface area (Å²) in [6.07, 6.45) is 5.93. The normalized spacial score (nSPS) is 19.5. The minimum absolute atomic E-state index is 0.129. The van der Waals surface area contributed by atoms with E-state index in [0.29, 0.717) is 12.6 Å². The van der Waals surface area contributed by atoms with Crippen LogP contribution in [0.5, 0.6) is 0 Å². The van der Waals surface area contributed by atoms with Crippen LogP contribution in [0.2, 0.25) is 0 Å². The van der Waals surface area contributed by atoms with Crippen LogP contribution in [-0.4, -0.2) is 40.5 Å². The number of carbonyl (C=O) groups excluding carboxylic acids is 1. The van der Waals surface area contributed by atoms with Gasteiger partial charge in [0, 0.05) is 25.8 Å². The maximum atomic E-state index is 11.9. The minimum Gasteiger partial charge on any atom is -0.344 e. The lowest BCUT2D eigenvalue weighted by molar-refractivity contribution is -0.130. The molecule has 2 heterocycles. The van der Waals surface area contributed by atoms with Crippen molar-refractivity contribution in [2.45, 2.75) is 32.4 Å². The average molecular weight is 236 g/mol. The average Bonchev–Trinajstić information content (AvgIpc) is 2.97. The zero-order valence-electron chi connectivity index (χ0n) is 10.5. The van der Waals surface area contributed by atoms with Crippen LogP contribution in [0.25, 0.3) is 0 Å². The first kappa shape index (κ1) is 12.1. The van der Waals surface area contributed by atoms with Gasteiger partial charge in [-0.05, 0) is 26.3 Å². The number of nitrogens with zero attached hydrogens (tertiary/aromatic N) is 3. The number of hydrogen-bond acceptors (Lipinski definition) is 3. The van der Waals surface area contributed by atoms with Crippen LogP contribution >= 0.6 is 0 Å². The predicted molar refractivity (Wildman–Crippen MR) is 65.5 cm³/mol. The van der Waals surface area contributed by atoms with Gasteiger partial charge >= 0.3 is 0 Å². The van der Waals surface area contributed by atoms with Crippen LogP contribution in [0.3, 0.4) is 0 Å². The van der Waals surface area contributed by atoms with Gasteiger partial charge in [-0.1, -0.05) is 0 Å². The van der Waals surface area contributed by atoms with Crippen LogP contribution in [0.15, 0.2) is 12.5 Å². The van der Waals surface area contributed by atoms with Gasteiger partial charge in [0.25, 0.3) is 0 Å². The van der Waals surface area contributed by atoms with Crippen molar-refractivity contribution in [1.82, 2.24) is 19.8 Å². The van der Waals surface area contributed by atoms with Gasteiger partial charge in [-0.2, -0.15) is 0 Å². The number of aromatic nitrogens is 2. The largest absolute Gasteiger partial charge is 0.344 e. The molecule has 17 heavy (non-hydrogen) atoms. The van der Waals surface area contributed by atoms with E-state index in [1.165, 1.54) is 6.42 Å². The smallest absolute Gasteiger partial charge is 0.242 e. The van der Waals surface area contributed by atoms with E-state index in [0.717, 1.165) is 25.2 Å². The van der Waals surface area contributed by atoms with Gasteiger partial charge in [-0.15, -0.1) is 0 Å². The summed E-state index contributed by atoms with van der Waals surface area (Å²) in [7, 11) is 1.83. The Labute approximate surface area is 102 Å². The van der Waals surface area contributed by atoms with E-state index in [4.69, 9.17) is 0 Å². The molecule has 1 aliphatic rings. The molecule has 1 saturated heterocycles. The van der Waals surface area contributed by atoms with Crippen molar-refractivity contribution in [1.29, 1.82) is 0 Å². The quantitative estimate of drug-likeness (QED) is 0.840. The Hall–Kier alpha value is -1.36. The fraction of sp³-hybridized carbons (Fsp3) is 0.667. The zero-order valence-corrected chi connectivity index (χ0v) is 10.5. The molecular formula is C12H20N4O. The van der Waals surface area contributed by atoms with Crippen LogP contribution in [-0.2, 0) is 11.3 Å². The van der Waals surface area contributed by atoms with Gasteiger partial charge in [0.2, 0.25) is 5.91 Å². The zero-order chi connectivity index (χ0) is 12.3. The molecule has 1 unspecified atom stereocenters. The van der Waals surface area contributed by atoms with Gasteiger partial charge in [0.05, 0.1) is 12.0 Å². The Morgan fingerprint density at radius 1 is 1.71 bits per heavy atom. The maximum Gasteiger partial charge on any atom is 0.242 e. The molecule has 1 aromatic heterocycles. The molecule has 94 valence electrons. The summed E-state index contributed by atoms with van der Waals surface area (Å²) in [5, 5.41) is 3.43. The highest BCUT2D eigenvalue weighted by molar-refractivity contribution is 5.75. The van der Waals surface area contributed by atoms with Crippen LogP contribution in [0, 0.1) is 0 Å². The van der Waals surface area contributed by atoms with E-state index in [1.807, 2.05) is 24.7 Å². The van der Waals surface area contributed by atoms with Crippen LogP contribution in [0.1, 0.15) is 31.5 Å². The highest BCUT2D eigenvalue weighted by atomic mass is 16.2. The van der Waals surface area contributed by atoms with Crippen molar-refractivity contribution in [2.24, 2.45) is 0 Å². The second-order valence-electron chi connectivity index (χ2n) is 4.50. The summed E-state index contributed by atoms with van der Waals surface area (Å²) < 4.78 is 1.96. The van der Waals surface area contributed by atoms with Gasteiger partial charge < -0.3 is 14.8 Å². The molecule has 5 nitrogen and oxygen atoms in total. The van der Waals surface area contributed by atoms with E-state index >= 15 is 0 Å². The van der Waals surface area contributed by atoms with Gasteiger partial charge in [0.1, 0.15) is 6.54 Å². The molecule has 0 radical (unpaired) electrons. The fourth-order valence-electron chi connectivity index (χ4n) is 2.13. The summed E-state index contributed by atoms with van der Waals surface area (Å²) in [6, 6.07) is 0.359. The fourth-order valence-corrected chi connectivity index (χ4v) is 2.13. The Balaban J connectivity index is 2.06. The maximum absolute atomic E-state index is 11.9. The molecule has 1 atom stereocenters. The molecule has 2 rings (SSSR count). The van der Waals surface area contributed by atoms with Crippen molar-refractivity contribution in [2.75, 3.05) is 20.1 Å². The van der Waals surface area contributed by atoms with E-state index < -0.39 is 0 Å². The van der Waals surface area contributed by atoms with Gasteiger partial charge in [-0.25, -0.2) is 4.98 Å². The molecule has 0 aromatic carbocycles. The molecule has 0 spiro atoms. The first-order valence-corrected chi connectivity index (χ1v) is 6.19. The number of likely N-dealkylation sites (N-methyl/N-ethyl adjacent to an activating group) is 1. The van der Waals surface area contributed by atoms with Crippen molar-refractivity contribution < 1.29 is 4.79 Å². The van der Waals surface area contributed by atoms with Gasteiger partial charge in [-0.3, -0.25) is 4.79 Å². The number of amides is 1. The van der Waals surface area contributed by atoms with Crippen molar-refractivity contribution in [3.8, 4) is 0 Å². The minimum atomic E-state index is 0.129. The Bertz CT molecular complexity index is 382. The Morgan fingerprint density at radius 3 is 3.18 bits per heavy atom. The molecule has 1 fully saturated rings. The number of nitrogens with one attached hydrogen (secondary N) is 1. The number of rotatable bonds is 4. The third-order valence-electron chi connectivity index (χ3n) is 3.37. The summed E-state index contributed by atoms with van der Waals surface area (Å²) in [6.45, 7) is 4.16. The summed E-state index contributed by atoms with van der Waals surface area (Å²) >= 11 is 0. The molecule has 0 bridgehead atoms. The highest BCUT2D eigenvalue weighted by Gasteiger charge is 2.20. The summed E-state index contributed by atoms with van der Waals surface area (Å²) in [4.78, 5) is 17.8. The summed E-state index contributed by atoms with van der Waals surface area (Å²) in [5.74, 6) is 0.129. The lowest BCUT2D eigenvalue weighted by Gasteiger charge is -2.17.